The van der Waals surface area contributed by atoms with Crippen LogP contribution in [0.1, 0.15) is 33.9 Å². The first-order valence-corrected chi connectivity index (χ1v) is 9.70. The van der Waals surface area contributed by atoms with Crippen LogP contribution in [0.5, 0.6) is 0 Å². The van der Waals surface area contributed by atoms with E-state index in [2.05, 4.69) is 67.6 Å². The summed E-state index contributed by atoms with van der Waals surface area (Å²) in [6.07, 6.45) is 0.861. The van der Waals surface area contributed by atoms with Crippen LogP contribution in [-0.2, 0) is 0 Å². The van der Waals surface area contributed by atoms with Gasteiger partial charge in [0.1, 0.15) is 0 Å². The van der Waals surface area contributed by atoms with Crippen molar-refractivity contribution in [3.8, 4) is 11.1 Å². The van der Waals surface area contributed by atoms with Crippen LogP contribution in [0.15, 0.2) is 78.9 Å². The molecule has 3 aromatic rings. The number of carbonyl (C=O) groups excluding carboxylic acids is 1. The van der Waals surface area contributed by atoms with Crippen molar-refractivity contribution in [2.45, 2.75) is 19.4 Å². The number of benzene rings is 3. The average Bonchev–Trinajstić information content (AvgIpc) is 2.72. The van der Waals surface area contributed by atoms with Gasteiger partial charge in [0, 0.05) is 5.56 Å². The minimum atomic E-state index is -0.0397. The van der Waals surface area contributed by atoms with Crippen LogP contribution in [0, 0.1) is 6.92 Å². The second-order valence-electron chi connectivity index (χ2n) is 7.48. The van der Waals surface area contributed by atoms with Crippen molar-refractivity contribution in [1.82, 2.24) is 10.2 Å². The van der Waals surface area contributed by atoms with Gasteiger partial charge in [0.2, 0.25) is 0 Å². The first-order chi connectivity index (χ1) is 13.5. The average molecular weight is 373 g/mol. The standard InChI is InChI=1S/C25H28N2O/c1-19-12-14-21(15-13-19)24(16-17-27(2)3)26-25(28)23-11-7-10-22(18-23)20-8-5-4-6-9-20/h4-15,18,24H,16-17H2,1-3H3,(H,26,28). The van der Waals surface area contributed by atoms with Gasteiger partial charge in [-0.25, -0.2) is 0 Å². The lowest BCUT2D eigenvalue weighted by atomic mass is 10.00. The zero-order chi connectivity index (χ0) is 19.9. The minimum Gasteiger partial charge on any atom is -0.345 e. The van der Waals surface area contributed by atoms with Gasteiger partial charge in [0.05, 0.1) is 6.04 Å². The third kappa shape index (κ3) is 5.30. The summed E-state index contributed by atoms with van der Waals surface area (Å²) in [5, 5.41) is 3.24. The molecule has 1 N–H and O–H groups in total. The molecule has 0 saturated heterocycles. The highest BCUT2D eigenvalue weighted by Gasteiger charge is 2.16. The van der Waals surface area contributed by atoms with Gasteiger partial charge in [-0.2, -0.15) is 0 Å². The van der Waals surface area contributed by atoms with Gasteiger partial charge in [-0.15, -0.1) is 0 Å². The molecule has 3 rings (SSSR count). The van der Waals surface area contributed by atoms with E-state index < -0.39 is 0 Å². The first kappa shape index (κ1) is 19.8. The van der Waals surface area contributed by atoms with Crippen molar-refractivity contribution in [1.29, 1.82) is 0 Å². The Morgan fingerprint density at radius 2 is 1.57 bits per heavy atom. The van der Waals surface area contributed by atoms with E-state index in [-0.39, 0.29) is 11.9 Å². The van der Waals surface area contributed by atoms with Gasteiger partial charge in [-0.1, -0.05) is 72.3 Å². The lowest BCUT2D eigenvalue weighted by molar-refractivity contribution is 0.0933. The fourth-order valence-corrected chi connectivity index (χ4v) is 3.22. The second kappa shape index (κ2) is 9.34. The predicted molar refractivity (Wildman–Crippen MR) is 116 cm³/mol. The molecule has 0 aromatic heterocycles. The third-order valence-electron chi connectivity index (χ3n) is 4.88. The Kier molecular flexibility index (Phi) is 6.62. The van der Waals surface area contributed by atoms with Crippen molar-refractivity contribution in [2.24, 2.45) is 0 Å². The normalized spacial score (nSPS) is 12.0. The number of nitrogens with zero attached hydrogens (tertiary/aromatic N) is 1. The molecule has 0 aliphatic heterocycles. The summed E-state index contributed by atoms with van der Waals surface area (Å²) in [6.45, 7) is 2.98. The molecule has 3 nitrogen and oxygen atoms in total. The quantitative estimate of drug-likeness (QED) is 0.627. The van der Waals surface area contributed by atoms with Crippen LogP contribution in [0.25, 0.3) is 11.1 Å². The van der Waals surface area contributed by atoms with Gasteiger partial charge >= 0.3 is 0 Å². The Bertz CT molecular complexity index is 901. The SMILES string of the molecule is Cc1ccc(C(CCN(C)C)NC(=O)c2cccc(-c3ccccc3)c2)cc1. The van der Waals surface area contributed by atoms with E-state index in [4.69, 9.17) is 0 Å². The highest BCUT2D eigenvalue weighted by molar-refractivity contribution is 5.95. The minimum absolute atomic E-state index is 0.0177. The van der Waals surface area contributed by atoms with Crippen molar-refractivity contribution in [3.05, 3.63) is 95.6 Å². The summed E-state index contributed by atoms with van der Waals surface area (Å²) >= 11 is 0. The molecular weight excluding hydrogens is 344 g/mol. The summed E-state index contributed by atoms with van der Waals surface area (Å²) in [5.41, 5.74) is 5.20. The molecule has 3 heteroatoms. The van der Waals surface area contributed by atoms with Crippen LogP contribution in [0.4, 0.5) is 0 Å². The lowest BCUT2D eigenvalue weighted by Crippen LogP contribution is -2.31. The van der Waals surface area contributed by atoms with Gasteiger partial charge in [-0.3, -0.25) is 4.79 Å². The highest BCUT2D eigenvalue weighted by Crippen LogP contribution is 2.22. The Hall–Kier alpha value is -2.91. The molecule has 1 amide bonds. The number of amides is 1. The molecular formula is C25H28N2O. The zero-order valence-corrected chi connectivity index (χ0v) is 16.9. The maximum atomic E-state index is 13.0. The number of carbonyl (C=O) groups is 1. The van der Waals surface area contributed by atoms with E-state index in [0.29, 0.717) is 5.56 Å². The lowest BCUT2D eigenvalue weighted by Gasteiger charge is -2.22. The van der Waals surface area contributed by atoms with E-state index in [0.717, 1.165) is 29.7 Å². The molecule has 3 aromatic carbocycles. The summed E-state index contributed by atoms with van der Waals surface area (Å²) in [6, 6.07) is 26.3. The van der Waals surface area contributed by atoms with Crippen LogP contribution in [-0.4, -0.2) is 31.4 Å². The van der Waals surface area contributed by atoms with Gasteiger partial charge < -0.3 is 10.2 Å². The van der Waals surface area contributed by atoms with Gasteiger partial charge in [0.15, 0.2) is 0 Å². The molecule has 1 unspecified atom stereocenters. The molecule has 1 atom stereocenters. The number of hydrogen-bond acceptors (Lipinski definition) is 2. The molecule has 0 spiro atoms. The van der Waals surface area contributed by atoms with Crippen molar-refractivity contribution < 1.29 is 4.79 Å². The molecule has 0 radical (unpaired) electrons. The maximum Gasteiger partial charge on any atom is 0.251 e. The monoisotopic (exact) mass is 372 g/mol. The summed E-state index contributed by atoms with van der Waals surface area (Å²) in [7, 11) is 4.11. The van der Waals surface area contributed by atoms with E-state index in [9.17, 15) is 4.79 Å². The Morgan fingerprint density at radius 1 is 0.893 bits per heavy atom. The molecule has 0 aliphatic carbocycles. The maximum absolute atomic E-state index is 13.0. The predicted octanol–water partition coefficient (Wildman–Crippen LogP) is 5.08. The Balaban J connectivity index is 1.80. The summed E-state index contributed by atoms with van der Waals surface area (Å²) < 4.78 is 0. The molecule has 144 valence electrons. The molecule has 0 saturated carbocycles. The molecule has 0 aliphatic rings. The second-order valence-corrected chi connectivity index (χ2v) is 7.48. The van der Waals surface area contributed by atoms with Crippen LogP contribution in [0.3, 0.4) is 0 Å². The van der Waals surface area contributed by atoms with E-state index in [1.54, 1.807) is 0 Å². The summed E-state index contributed by atoms with van der Waals surface area (Å²) in [5.74, 6) is -0.0397. The topological polar surface area (TPSA) is 32.3 Å². The smallest absolute Gasteiger partial charge is 0.251 e. The molecule has 0 fully saturated rings. The van der Waals surface area contributed by atoms with E-state index in [1.807, 2.05) is 42.5 Å². The van der Waals surface area contributed by atoms with Crippen LogP contribution in [0.2, 0.25) is 0 Å². The Labute approximate surface area is 168 Å². The van der Waals surface area contributed by atoms with E-state index >= 15 is 0 Å². The molecule has 28 heavy (non-hydrogen) atoms. The van der Waals surface area contributed by atoms with Crippen LogP contribution >= 0.6 is 0 Å². The van der Waals surface area contributed by atoms with Gasteiger partial charge in [0.25, 0.3) is 5.91 Å². The van der Waals surface area contributed by atoms with Crippen LogP contribution < -0.4 is 5.32 Å². The van der Waals surface area contributed by atoms with E-state index in [1.165, 1.54) is 5.56 Å². The van der Waals surface area contributed by atoms with Crippen molar-refractivity contribution in [2.75, 3.05) is 20.6 Å². The van der Waals surface area contributed by atoms with Gasteiger partial charge in [-0.05, 0) is 62.8 Å². The number of rotatable bonds is 7. The fourth-order valence-electron chi connectivity index (χ4n) is 3.22. The number of aryl methyl sites for hydroxylation is 1. The Morgan fingerprint density at radius 3 is 2.25 bits per heavy atom. The van der Waals surface area contributed by atoms with Crippen molar-refractivity contribution >= 4 is 5.91 Å². The summed E-state index contributed by atoms with van der Waals surface area (Å²) in [4.78, 5) is 15.1. The molecule has 0 heterocycles. The largest absolute Gasteiger partial charge is 0.345 e. The fraction of sp³-hybridized carbons (Fsp3) is 0.240. The zero-order valence-electron chi connectivity index (χ0n) is 16.9. The number of hydrogen-bond donors (Lipinski definition) is 1. The highest BCUT2D eigenvalue weighted by atomic mass is 16.1. The first-order valence-electron chi connectivity index (χ1n) is 9.70. The van der Waals surface area contributed by atoms with Crippen molar-refractivity contribution in [3.63, 3.8) is 0 Å². The molecule has 0 bridgehead atoms. The third-order valence-corrected chi connectivity index (χ3v) is 4.88. The number of nitrogens with one attached hydrogen (secondary N) is 1.